The lowest BCUT2D eigenvalue weighted by atomic mass is 10.1. The molecule has 168 valence electrons. The van der Waals surface area contributed by atoms with Crippen LogP contribution < -0.4 is 9.47 Å². The zero-order valence-electron chi connectivity index (χ0n) is 18.3. The van der Waals surface area contributed by atoms with E-state index in [4.69, 9.17) is 14.2 Å². The molecule has 2 aromatic carbocycles. The maximum Gasteiger partial charge on any atom is 0.254 e. The van der Waals surface area contributed by atoms with Crippen LogP contribution in [-0.4, -0.2) is 67.3 Å². The highest BCUT2D eigenvalue weighted by atomic mass is 16.7. The summed E-state index contributed by atoms with van der Waals surface area (Å²) in [5.41, 5.74) is 2.39. The molecule has 2 aromatic rings. The second-order valence-corrected chi connectivity index (χ2v) is 8.83. The first-order chi connectivity index (χ1) is 15.6. The maximum atomic E-state index is 13.3. The first-order valence-corrected chi connectivity index (χ1v) is 11.2. The summed E-state index contributed by atoms with van der Waals surface area (Å²) in [6.07, 6.45) is 2.08. The smallest absolute Gasteiger partial charge is 0.254 e. The van der Waals surface area contributed by atoms with Crippen LogP contribution in [-0.2, 0) is 4.74 Å². The number of morpholine rings is 1. The molecule has 2 fully saturated rings. The quantitative estimate of drug-likeness (QED) is 0.696. The Kier molecular flexibility index (Phi) is 5.74. The normalized spacial score (nSPS) is 19.7. The molecule has 32 heavy (non-hydrogen) atoms. The lowest BCUT2D eigenvalue weighted by molar-refractivity contribution is -0.0335. The summed E-state index contributed by atoms with van der Waals surface area (Å²) in [4.78, 5) is 30.0. The third-order valence-corrected chi connectivity index (χ3v) is 6.23. The van der Waals surface area contributed by atoms with Crippen molar-refractivity contribution in [1.82, 2.24) is 9.80 Å². The van der Waals surface area contributed by atoms with E-state index < -0.39 is 0 Å². The van der Waals surface area contributed by atoms with Gasteiger partial charge in [0.25, 0.3) is 11.8 Å². The van der Waals surface area contributed by atoms with Crippen molar-refractivity contribution in [2.45, 2.75) is 25.9 Å². The van der Waals surface area contributed by atoms with Crippen LogP contribution in [0.5, 0.6) is 11.5 Å². The number of carbonyl (C=O) groups is 2. The molecule has 0 bridgehead atoms. The predicted molar refractivity (Wildman–Crippen MR) is 118 cm³/mol. The third kappa shape index (κ3) is 4.58. The Labute approximate surface area is 187 Å². The molecule has 0 radical (unpaired) electrons. The van der Waals surface area contributed by atoms with E-state index in [2.05, 4.69) is 0 Å². The van der Waals surface area contributed by atoms with Gasteiger partial charge in [-0.2, -0.15) is 0 Å². The number of rotatable bonds is 6. The van der Waals surface area contributed by atoms with Crippen LogP contribution in [0.3, 0.4) is 0 Å². The second kappa shape index (κ2) is 8.82. The number of fused-ring (bicyclic) bond motifs is 1. The Morgan fingerprint density at radius 3 is 2.53 bits per heavy atom. The Morgan fingerprint density at radius 2 is 1.75 bits per heavy atom. The van der Waals surface area contributed by atoms with Crippen LogP contribution in [0.15, 0.2) is 42.5 Å². The zero-order chi connectivity index (χ0) is 22.1. The maximum absolute atomic E-state index is 13.3. The topological polar surface area (TPSA) is 68.3 Å². The van der Waals surface area contributed by atoms with Gasteiger partial charge in [-0.3, -0.25) is 9.59 Å². The summed E-state index contributed by atoms with van der Waals surface area (Å²) in [7, 11) is 0. The molecule has 0 spiro atoms. The van der Waals surface area contributed by atoms with Crippen molar-refractivity contribution in [2.75, 3.05) is 39.6 Å². The summed E-state index contributed by atoms with van der Waals surface area (Å²) in [6, 6.07) is 12.9. The van der Waals surface area contributed by atoms with E-state index in [9.17, 15) is 9.59 Å². The van der Waals surface area contributed by atoms with Crippen LogP contribution in [0.1, 0.15) is 39.1 Å². The number of carbonyl (C=O) groups excluding carboxylic acids is 2. The molecule has 1 saturated carbocycles. The largest absolute Gasteiger partial charge is 0.454 e. The summed E-state index contributed by atoms with van der Waals surface area (Å²) >= 11 is 0. The molecule has 7 heteroatoms. The van der Waals surface area contributed by atoms with E-state index in [-0.39, 0.29) is 24.7 Å². The van der Waals surface area contributed by atoms with Crippen molar-refractivity contribution in [3.8, 4) is 11.5 Å². The fourth-order valence-electron chi connectivity index (χ4n) is 4.20. The minimum absolute atomic E-state index is 0.00846. The lowest BCUT2D eigenvalue weighted by Gasteiger charge is -2.36. The Balaban J connectivity index is 1.27. The summed E-state index contributed by atoms with van der Waals surface area (Å²) < 4.78 is 16.8. The zero-order valence-corrected chi connectivity index (χ0v) is 18.3. The van der Waals surface area contributed by atoms with E-state index in [0.29, 0.717) is 61.3 Å². The molecule has 1 unspecified atom stereocenters. The van der Waals surface area contributed by atoms with Gasteiger partial charge >= 0.3 is 0 Å². The van der Waals surface area contributed by atoms with Crippen molar-refractivity contribution >= 4 is 11.8 Å². The van der Waals surface area contributed by atoms with Gasteiger partial charge in [0.1, 0.15) is 0 Å². The summed E-state index contributed by atoms with van der Waals surface area (Å²) in [6.45, 7) is 4.85. The average molecular weight is 437 g/mol. The van der Waals surface area contributed by atoms with Crippen LogP contribution in [0.2, 0.25) is 0 Å². The molecule has 7 nitrogen and oxygen atoms in total. The van der Waals surface area contributed by atoms with Crippen molar-refractivity contribution < 1.29 is 23.8 Å². The molecule has 0 aromatic heterocycles. The van der Waals surface area contributed by atoms with Crippen molar-refractivity contribution in [3.05, 3.63) is 59.2 Å². The molecule has 2 heterocycles. The molecule has 0 N–H and O–H groups in total. The molecule has 1 aliphatic carbocycles. The highest BCUT2D eigenvalue weighted by Crippen LogP contribution is 2.34. The van der Waals surface area contributed by atoms with Crippen LogP contribution in [0.4, 0.5) is 0 Å². The van der Waals surface area contributed by atoms with Gasteiger partial charge in [-0.05, 0) is 56.0 Å². The van der Waals surface area contributed by atoms with E-state index in [1.165, 1.54) is 0 Å². The van der Waals surface area contributed by atoms with Gasteiger partial charge in [0, 0.05) is 37.3 Å². The van der Waals surface area contributed by atoms with E-state index >= 15 is 0 Å². The molecule has 2 aliphatic heterocycles. The standard InChI is InChI=1S/C25H28N2O5/c1-17-2-6-19(7-3-17)24(28)26-10-11-30-21(14-26)15-27(13-18-4-5-18)25(29)20-8-9-22-23(12-20)32-16-31-22/h2-3,6-9,12,18,21H,4-5,10-11,13-16H2,1H3. The average Bonchev–Trinajstić information content (AvgIpc) is 3.51. The van der Waals surface area contributed by atoms with Crippen LogP contribution in [0.25, 0.3) is 0 Å². The van der Waals surface area contributed by atoms with Gasteiger partial charge in [0.05, 0.1) is 12.7 Å². The number of hydrogen-bond donors (Lipinski definition) is 0. The van der Waals surface area contributed by atoms with Gasteiger partial charge in [-0.1, -0.05) is 17.7 Å². The second-order valence-electron chi connectivity index (χ2n) is 8.83. The molecule has 1 atom stereocenters. The SMILES string of the molecule is Cc1ccc(C(=O)N2CCOC(CN(CC3CC3)C(=O)c3ccc4c(c3)OCO4)C2)cc1. The molecular weight excluding hydrogens is 408 g/mol. The number of amides is 2. The summed E-state index contributed by atoms with van der Waals surface area (Å²) in [5, 5.41) is 0. The number of benzene rings is 2. The van der Waals surface area contributed by atoms with Gasteiger partial charge in [0.15, 0.2) is 11.5 Å². The van der Waals surface area contributed by atoms with Gasteiger partial charge in [-0.25, -0.2) is 0 Å². The number of hydrogen-bond acceptors (Lipinski definition) is 5. The number of ether oxygens (including phenoxy) is 3. The van der Waals surface area contributed by atoms with Crippen molar-refractivity contribution in [2.24, 2.45) is 5.92 Å². The Morgan fingerprint density at radius 1 is 1.00 bits per heavy atom. The highest BCUT2D eigenvalue weighted by molar-refractivity contribution is 5.95. The Bertz CT molecular complexity index is 1000. The third-order valence-electron chi connectivity index (χ3n) is 6.23. The fraction of sp³-hybridized carbons (Fsp3) is 0.440. The van der Waals surface area contributed by atoms with Gasteiger partial charge in [-0.15, -0.1) is 0 Å². The highest BCUT2D eigenvalue weighted by Gasteiger charge is 2.32. The molecule has 2 amide bonds. The van der Waals surface area contributed by atoms with Gasteiger partial charge < -0.3 is 24.0 Å². The Hall–Kier alpha value is -3.06. The molecular formula is C25H28N2O5. The van der Waals surface area contributed by atoms with Crippen LogP contribution >= 0.6 is 0 Å². The molecule has 5 rings (SSSR count). The van der Waals surface area contributed by atoms with Gasteiger partial charge in [0.2, 0.25) is 6.79 Å². The first kappa shape index (κ1) is 20.8. The minimum Gasteiger partial charge on any atom is -0.454 e. The minimum atomic E-state index is -0.213. The number of aryl methyl sites for hydroxylation is 1. The van der Waals surface area contributed by atoms with E-state index in [0.717, 1.165) is 18.4 Å². The molecule has 1 saturated heterocycles. The predicted octanol–water partition coefficient (Wildman–Crippen LogP) is 3.12. The van der Waals surface area contributed by atoms with Crippen molar-refractivity contribution in [3.63, 3.8) is 0 Å². The van der Waals surface area contributed by atoms with Crippen LogP contribution in [0, 0.1) is 12.8 Å². The van der Waals surface area contributed by atoms with E-state index in [1.807, 2.05) is 41.0 Å². The first-order valence-electron chi connectivity index (χ1n) is 11.2. The lowest BCUT2D eigenvalue weighted by Crippen LogP contribution is -2.51. The van der Waals surface area contributed by atoms with Crippen molar-refractivity contribution in [1.29, 1.82) is 0 Å². The van der Waals surface area contributed by atoms with E-state index in [1.54, 1.807) is 18.2 Å². The number of nitrogens with zero attached hydrogens (tertiary/aromatic N) is 2. The monoisotopic (exact) mass is 436 g/mol. The summed E-state index contributed by atoms with van der Waals surface area (Å²) in [5.74, 6) is 1.78. The molecule has 3 aliphatic rings. The fourth-order valence-corrected chi connectivity index (χ4v) is 4.20.